The lowest BCUT2D eigenvalue weighted by atomic mass is 9.87. The van der Waals surface area contributed by atoms with Crippen LogP contribution in [0.2, 0.25) is 0 Å². The lowest BCUT2D eigenvalue weighted by Crippen LogP contribution is -2.43. The third kappa shape index (κ3) is 1.58. The number of hydrogen-bond donors (Lipinski definition) is 1. The Hall–Kier alpha value is -1.87. The summed E-state index contributed by atoms with van der Waals surface area (Å²) in [6.07, 6.45) is 1.39. The van der Waals surface area contributed by atoms with Crippen molar-refractivity contribution in [1.82, 2.24) is 5.32 Å². The van der Waals surface area contributed by atoms with Crippen molar-refractivity contribution in [3.63, 3.8) is 0 Å². The van der Waals surface area contributed by atoms with Crippen molar-refractivity contribution in [2.45, 2.75) is 18.4 Å². The van der Waals surface area contributed by atoms with Crippen molar-refractivity contribution in [2.75, 3.05) is 13.1 Å². The fourth-order valence-corrected chi connectivity index (χ4v) is 3.23. The van der Waals surface area contributed by atoms with Crippen molar-refractivity contribution in [2.24, 2.45) is 0 Å². The summed E-state index contributed by atoms with van der Waals surface area (Å²) in [6, 6.07) is 12.0. The summed E-state index contributed by atoms with van der Waals surface area (Å²) in [6.45, 7) is 1.70. The van der Waals surface area contributed by atoms with Gasteiger partial charge in [0.15, 0.2) is 5.78 Å². The molecule has 0 saturated carbocycles. The van der Waals surface area contributed by atoms with E-state index in [0.29, 0.717) is 6.42 Å². The molecule has 1 spiro atoms. The predicted octanol–water partition coefficient (Wildman–Crippen LogP) is 2.54. The molecule has 2 aromatic rings. The summed E-state index contributed by atoms with van der Waals surface area (Å²) < 4.78 is 6.18. The summed E-state index contributed by atoms with van der Waals surface area (Å²) in [4.78, 5) is 12.6. The Balaban J connectivity index is 1.91. The molecule has 1 atom stereocenters. The molecule has 2 heterocycles. The summed E-state index contributed by atoms with van der Waals surface area (Å²) in [5.41, 5.74) is 0.447. The molecule has 0 amide bonds. The van der Waals surface area contributed by atoms with Gasteiger partial charge in [0.2, 0.25) is 0 Å². The summed E-state index contributed by atoms with van der Waals surface area (Å²) >= 11 is 0. The molecule has 3 nitrogen and oxygen atoms in total. The predicted molar refractivity (Wildman–Crippen MR) is 73.7 cm³/mol. The maximum atomic E-state index is 12.6. The lowest BCUT2D eigenvalue weighted by molar-refractivity contribution is 0.0532. The SMILES string of the molecule is O=C1CC2(CCNC2)Oc2ccc3ccccc3c21. The molecule has 1 N–H and O–H groups in total. The molecule has 19 heavy (non-hydrogen) atoms. The van der Waals surface area contributed by atoms with Crippen LogP contribution in [0.1, 0.15) is 23.2 Å². The molecule has 4 rings (SSSR count). The van der Waals surface area contributed by atoms with Crippen LogP contribution in [0.15, 0.2) is 36.4 Å². The number of ketones is 1. The Morgan fingerprint density at radius 3 is 2.89 bits per heavy atom. The van der Waals surface area contributed by atoms with Crippen molar-refractivity contribution in [3.8, 4) is 5.75 Å². The van der Waals surface area contributed by atoms with Crippen LogP contribution in [-0.4, -0.2) is 24.5 Å². The average Bonchev–Trinajstić information content (AvgIpc) is 2.85. The Morgan fingerprint density at radius 2 is 2.05 bits per heavy atom. The second kappa shape index (κ2) is 3.81. The normalized spacial score (nSPS) is 25.6. The molecule has 0 bridgehead atoms. The van der Waals surface area contributed by atoms with Gasteiger partial charge in [0.25, 0.3) is 0 Å². The number of Topliss-reactive ketones (excluding diaryl/α,β-unsaturated/α-hetero) is 1. The van der Waals surface area contributed by atoms with Gasteiger partial charge in [-0.05, 0) is 23.4 Å². The molecule has 96 valence electrons. The highest BCUT2D eigenvalue weighted by Crippen LogP contribution is 2.39. The summed E-state index contributed by atoms with van der Waals surface area (Å²) in [7, 11) is 0. The smallest absolute Gasteiger partial charge is 0.171 e. The van der Waals surface area contributed by atoms with Crippen molar-refractivity contribution in [1.29, 1.82) is 0 Å². The van der Waals surface area contributed by atoms with Crippen LogP contribution in [-0.2, 0) is 0 Å². The third-order valence-corrected chi connectivity index (χ3v) is 4.18. The van der Waals surface area contributed by atoms with E-state index in [1.54, 1.807) is 0 Å². The molecular formula is C16H15NO2. The molecule has 0 radical (unpaired) electrons. The maximum absolute atomic E-state index is 12.6. The zero-order valence-electron chi connectivity index (χ0n) is 10.6. The van der Waals surface area contributed by atoms with E-state index < -0.39 is 0 Å². The van der Waals surface area contributed by atoms with E-state index >= 15 is 0 Å². The zero-order chi connectivity index (χ0) is 12.9. The zero-order valence-corrected chi connectivity index (χ0v) is 10.6. The Morgan fingerprint density at radius 1 is 1.16 bits per heavy atom. The molecular weight excluding hydrogens is 238 g/mol. The van der Waals surface area contributed by atoms with Gasteiger partial charge in [-0.1, -0.05) is 30.3 Å². The van der Waals surface area contributed by atoms with Crippen LogP contribution in [0, 0.1) is 0 Å². The topological polar surface area (TPSA) is 38.3 Å². The van der Waals surface area contributed by atoms with E-state index in [1.165, 1.54) is 0 Å². The first-order chi connectivity index (χ1) is 9.27. The number of carbonyl (C=O) groups excluding carboxylic acids is 1. The minimum Gasteiger partial charge on any atom is -0.485 e. The van der Waals surface area contributed by atoms with Gasteiger partial charge in [-0.3, -0.25) is 4.79 Å². The van der Waals surface area contributed by atoms with Crippen LogP contribution < -0.4 is 10.1 Å². The van der Waals surface area contributed by atoms with Gasteiger partial charge in [0, 0.05) is 13.0 Å². The highest BCUT2D eigenvalue weighted by atomic mass is 16.5. The van der Waals surface area contributed by atoms with Crippen LogP contribution in [0.3, 0.4) is 0 Å². The first-order valence-electron chi connectivity index (χ1n) is 6.72. The van der Waals surface area contributed by atoms with E-state index in [0.717, 1.165) is 41.6 Å². The third-order valence-electron chi connectivity index (χ3n) is 4.18. The fraction of sp³-hybridized carbons (Fsp3) is 0.312. The van der Waals surface area contributed by atoms with Gasteiger partial charge in [-0.2, -0.15) is 0 Å². The highest BCUT2D eigenvalue weighted by Gasteiger charge is 2.43. The van der Waals surface area contributed by atoms with E-state index in [-0.39, 0.29) is 11.4 Å². The molecule has 1 saturated heterocycles. The number of ether oxygens (including phenoxy) is 1. The number of rotatable bonds is 0. The lowest BCUT2D eigenvalue weighted by Gasteiger charge is -2.34. The maximum Gasteiger partial charge on any atom is 0.171 e. The van der Waals surface area contributed by atoms with Crippen LogP contribution in [0.25, 0.3) is 10.8 Å². The van der Waals surface area contributed by atoms with E-state index in [1.807, 2.05) is 36.4 Å². The molecule has 2 aromatic carbocycles. The quantitative estimate of drug-likeness (QED) is 0.784. The Bertz CT molecular complexity index is 672. The van der Waals surface area contributed by atoms with E-state index in [9.17, 15) is 4.79 Å². The Kier molecular flexibility index (Phi) is 2.21. The monoisotopic (exact) mass is 253 g/mol. The number of hydrogen-bond acceptors (Lipinski definition) is 3. The van der Waals surface area contributed by atoms with Crippen LogP contribution in [0.4, 0.5) is 0 Å². The summed E-state index contributed by atoms with van der Waals surface area (Å²) in [5, 5.41) is 5.40. The van der Waals surface area contributed by atoms with Gasteiger partial charge in [0.05, 0.1) is 12.0 Å². The number of nitrogens with one attached hydrogen (secondary N) is 1. The highest BCUT2D eigenvalue weighted by molar-refractivity contribution is 6.11. The minimum absolute atomic E-state index is 0.210. The molecule has 1 fully saturated rings. The van der Waals surface area contributed by atoms with Gasteiger partial charge in [-0.25, -0.2) is 0 Å². The molecule has 0 aromatic heterocycles. The van der Waals surface area contributed by atoms with E-state index in [4.69, 9.17) is 4.74 Å². The van der Waals surface area contributed by atoms with Gasteiger partial charge in [-0.15, -0.1) is 0 Å². The number of benzene rings is 2. The van der Waals surface area contributed by atoms with Crippen LogP contribution >= 0.6 is 0 Å². The van der Waals surface area contributed by atoms with Crippen molar-refractivity contribution in [3.05, 3.63) is 42.0 Å². The number of carbonyl (C=O) groups is 1. The first kappa shape index (κ1) is 11.0. The van der Waals surface area contributed by atoms with Crippen LogP contribution in [0.5, 0.6) is 5.75 Å². The largest absolute Gasteiger partial charge is 0.485 e. The summed E-state index contributed by atoms with van der Waals surface area (Å²) in [5.74, 6) is 0.959. The number of fused-ring (bicyclic) bond motifs is 3. The van der Waals surface area contributed by atoms with Gasteiger partial charge < -0.3 is 10.1 Å². The second-order valence-corrected chi connectivity index (χ2v) is 5.47. The molecule has 1 unspecified atom stereocenters. The van der Waals surface area contributed by atoms with Gasteiger partial charge >= 0.3 is 0 Å². The van der Waals surface area contributed by atoms with Crippen molar-refractivity contribution < 1.29 is 9.53 Å². The molecule has 2 aliphatic heterocycles. The van der Waals surface area contributed by atoms with Gasteiger partial charge in [0.1, 0.15) is 11.4 Å². The fourth-order valence-electron chi connectivity index (χ4n) is 3.23. The molecule has 0 aliphatic carbocycles. The van der Waals surface area contributed by atoms with Crippen molar-refractivity contribution >= 4 is 16.6 Å². The minimum atomic E-state index is -0.313. The Labute approximate surface area is 111 Å². The molecule has 2 aliphatic rings. The van der Waals surface area contributed by atoms with E-state index in [2.05, 4.69) is 5.32 Å². The molecule has 3 heteroatoms. The standard InChI is InChI=1S/C16H15NO2/c18-13-9-16(7-8-17-10-16)19-14-6-5-11-3-1-2-4-12(11)15(13)14/h1-6,17H,7-10H2. The average molecular weight is 253 g/mol. The second-order valence-electron chi connectivity index (χ2n) is 5.47. The first-order valence-corrected chi connectivity index (χ1v) is 6.72.